The van der Waals surface area contributed by atoms with Crippen molar-refractivity contribution in [2.75, 3.05) is 12.3 Å². The van der Waals surface area contributed by atoms with Gasteiger partial charge in [-0.2, -0.15) is 0 Å². The summed E-state index contributed by atoms with van der Waals surface area (Å²) in [6, 6.07) is 3.72. The number of anilines is 1. The largest absolute Gasteiger partial charge is 0.505 e. The summed E-state index contributed by atoms with van der Waals surface area (Å²) in [5.74, 6) is 0.272. The standard InChI is InChI=1S/C9H12N2O/c10-8-2-1-6-5-11-4-3-7(6)9(8)12/h1-2,11-12H,3-5,10H2. The number of hydrogen-bond acceptors (Lipinski definition) is 3. The minimum atomic E-state index is 0.272. The number of nitrogen functional groups attached to an aromatic ring is 1. The first-order valence-corrected chi connectivity index (χ1v) is 4.09. The van der Waals surface area contributed by atoms with E-state index in [1.807, 2.05) is 6.07 Å². The lowest BCUT2D eigenvalue weighted by molar-refractivity contribution is 0.464. The quantitative estimate of drug-likeness (QED) is 0.389. The number of fused-ring (bicyclic) bond motifs is 1. The first-order chi connectivity index (χ1) is 5.79. The average Bonchev–Trinajstić information content (AvgIpc) is 2.12. The van der Waals surface area contributed by atoms with Crippen LogP contribution in [0.15, 0.2) is 12.1 Å². The Hall–Kier alpha value is -1.22. The van der Waals surface area contributed by atoms with Gasteiger partial charge >= 0.3 is 0 Å². The summed E-state index contributed by atoms with van der Waals surface area (Å²) in [5.41, 5.74) is 8.22. The molecule has 0 aromatic heterocycles. The van der Waals surface area contributed by atoms with E-state index in [2.05, 4.69) is 5.32 Å². The Kier molecular flexibility index (Phi) is 1.66. The lowest BCUT2D eigenvalue weighted by Gasteiger charge is -2.18. The van der Waals surface area contributed by atoms with Crippen molar-refractivity contribution in [1.82, 2.24) is 5.32 Å². The van der Waals surface area contributed by atoms with Crippen LogP contribution in [-0.2, 0) is 13.0 Å². The van der Waals surface area contributed by atoms with E-state index in [4.69, 9.17) is 5.73 Å². The molecule has 0 aliphatic carbocycles. The Labute approximate surface area is 71.2 Å². The molecule has 4 N–H and O–H groups in total. The third-order valence-corrected chi connectivity index (χ3v) is 2.28. The van der Waals surface area contributed by atoms with Crippen LogP contribution in [0.3, 0.4) is 0 Å². The third-order valence-electron chi connectivity index (χ3n) is 2.28. The molecule has 0 fully saturated rings. The second-order valence-corrected chi connectivity index (χ2v) is 3.07. The van der Waals surface area contributed by atoms with Crippen LogP contribution in [0, 0.1) is 0 Å². The van der Waals surface area contributed by atoms with Crippen molar-refractivity contribution in [3.8, 4) is 5.75 Å². The lowest BCUT2D eigenvalue weighted by atomic mass is 9.99. The van der Waals surface area contributed by atoms with Crippen molar-refractivity contribution in [1.29, 1.82) is 0 Å². The molecule has 1 aliphatic rings. The van der Waals surface area contributed by atoms with Gasteiger partial charge in [0.2, 0.25) is 0 Å². The van der Waals surface area contributed by atoms with Crippen LogP contribution >= 0.6 is 0 Å². The third kappa shape index (κ3) is 1.02. The Bertz CT molecular complexity index is 310. The van der Waals surface area contributed by atoms with E-state index in [1.165, 1.54) is 0 Å². The maximum atomic E-state index is 9.59. The van der Waals surface area contributed by atoms with Gasteiger partial charge in [0.25, 0.3) is 0 Å². The van der Waals surface area contributed by atoms with Crippen LogP contribution in [0.4, 0.5) is 5.69 Å². The number of nitrogens with two attached hydrogens (primary N) is 1. The van der Waals surface area contributed by atoms with E-state index in [9.17, 15) is 5.11 Å². The normalized spacial score (nSPS) is 15.7. The van der Waals surface area contributed by atoms with Crippen molar-refractivity contribution < 1.29 is 5.11 Å². The molecule has 0 spiro atoms. The van der Waals surface area contributed by atoms with Crippen molar-refractivity contribution in [2.45, 2.75) is 13.0 Å². The van der Waals surface area contributed by atoms with Crippen molar-refractivity contribution in [2.24, 2.45) is 0 Å². The van der Waals surface area contributed by atoms with Crippen LogP contribution in [-0.4, -0.2) is 11.7 Å². The Morgan fingerprint density at radius 2 is 2.25 bits per heavy atom. The molecule has 0 atom stereocenters. The molecule has 1 aromatic rings. The number of aromatic hydroxyl groups is 1. The summed E-state index contributed by atoms with van der Waals surface area (Å²) < 4.78 is 0. The molecule has 1 heterocycles. The Morgan fingerprint density at radius 3 is 3.08 bits per heavy atom. The first kappa shape index (κ1) is 7.43. The second kappa shape index (κ2) is 2.68. The zero-order valence-corrected chi connectivity index (χ0v) is 6.80. The van der Waals surface area contributed by atoms with Crippen LogP contribution < -0.4 is 11.1 Å². The average molecular weight is 164 g/mol. The number of phenols is 1. The minimum absolute atomic E-state index is 0.272. The lowest BCUT2D eigenvalue weighted by Crippen LogP contribution is -2.23. The smallest absolute Gasteiger partial charge is 0.142 e. The highest BCUT2D eigenvalue weighted by Gasteiger charge is 2.13. The zero-order valence-electron chi connectivity index (χ0n) is 6.80. The SMILES string of the molecule is Nc1ccc2c(c1O)CCNC2. The molecule has 64 valence electrons. The van der Waals surface area contributed by atoms with Crippen LogP contribution in [0.1, 0.15) is 11.1 Å². The van der Waals surface area contributed by atoms with E-state index in [0.29, 0.717) is 5.69 Å². The molecule has 0 unspecified atom stereocenters. The summed E-state index contributed by atoms with van der Waals surface area (Å²) >= 11 is 0. The van der Waals surface area contributed by atoms with Gasteiger partial charge in [0, 0.05) is 12.1 Å². The summed E-state index contributed by atoms with van der Waals surface area (Å²) in [7, 11) is 0. The van der Waals surface area contributed by atoms with E-state index < -0.39 is 0 Å². The fraction of sp³-hybridized carbons (Fsp3) is 0.333. The van der Waals surface area contributed by atoms with E-state index >= 15 is 0 Å². The highest BCUT2D eigenvalue weighted by molar-refractivity contribution is 5.59. The van der Waals surface area contributed by atoms with Gasteiger partial charge in [0.05, 0.1) is 5.69 Å². The number of hydrogen-bond donors (Lipinski definition) is 3. The highest BCUT2D eigenvalue weighted by Crippen LogP contribution is 2.29. The number of nitrogens with one attached hydrogen (secondary N) is 1. The molecule has 12 heavy (non-hydrogen) atoms. The number of rotatable bonds is 0. The summed E-state index contributed by atoms with van der Waals surface area (Å²) in [4.78, 5) is 0. The van der Waals surface area contributed by atoms with E-state index in [0.717, 1.165) is 30.6 Å². The minimum Gasteiger partial charge on any atom is -0.505 e. The van der Waals surface area contributed by atoms with Gasteiger partial charge in [0.15, 0.2) is 0 Å². The molecule has 0 saturated heterocycles. The molecule has 0 amide bonds. The van der Waals surface area contributed by atoms with Gasteiger partial charge in [0.1, 0.15) is 5.75 Å². The van der Waals surface area contributed by atoms with Crippen molar-refractivity contribution >= 4 is 5.69 Å². The maximum Gasteiger partial charge on any atom is 0.142 e. The van der Waals surface area contributed by atoms with Crippen molar-refractivity contribution in [3.63, 3.8) is 0 Å². The van der Waals surface area contributed by atoms with Gasteiger partial charge in [-0.3, -0.25) is 0 Å². The van der Waals surface area contributed by atoms with Gasteiger partial charge in [-0.15, -0.1) is 0 Å². The summed E-state index contributed by atoms with van der Waals surface area (Å²) in [6.45, 7) is 1.76. The summed E-state index contributed by atoms with van der Waals surface area (Å²) in [5, 5.41) is 12.8. The maximum absolute atomic E-state index is 9.59. The fourth-order valence-electron chi connectivity index (χ4n) is 1.58. The Morgan fingerprint density at radius 1 is 1.42 bits per heavy atom. The Balaban J connectivity index is 2.54. The molecular weight excluding hydrogens is 152 g/mol. The summed E-state index contributed by atoms with van der Waals surface area (Å²) in [6.07, 6.45) is 0.867. The van der Waals surface area contributed by atoms with E-state index in [-0.39, 0.29) is 5.75 Å². The van der Waals surface area contributed by atoms with Gasteiger partial charge in [-0.05, 0) is 24.6 Å². The van der Waals surface area contributed by atoms with Crippen LogP contribution in [0.2, 0.25) is 0 Å². The molecule has 0 saturated carbocycles. The molecule has 0 bridgehead atoms. The van der Waals surface area contributed by atoms with Gasteiger partial charge < -0.3 is 16.2 Å². The van der Waals surface area contributed by atoms with Crippen LogP contribution in [0.25, 0.3) is 0 Å². The van der Waals surface area contributed by atoms with E-state index in [1.54, 1.807) is 6.07 Å². The van der Waals surface area contributed by atoms with Crippen molar-refractivity contribution in [3.05, 3.63) is 23.3 Å². The molecule has 3 nitrogen and oxygen atoms in total. The number of phenolic OH excluding ortho intramolecular Hbond substituents is 1. The predicted octanol–water partition coefficient (Wildman–Crippen LogP) is 0.620. The topological polar surface area (TPSA) is 58.3 Å². The van der Waals surface area contributed by atoms with Crippen LogP contribution in [0.5, 0.6) is 5.75 Å². The molecule has 2 rings (SSSR count). The number of benzene rings is 1. The molecule has 1 aliphatic heterocycles. The fourth-order valence-corrected chi connectivity index (χ4v) is 1.58. The highest BCUT2D eigenvalue weighted by atomic mass is 16.3. The first-order valence-electron chi connectivity index (χ1n) is 4.09. The zero-order chi connectivity index (χ0) is 8.55. The molecular formula is C9H12N2O. The second-order valence-electron chi connectivity index (χ2n) is 3.07. The predicted molar refractivity (Wildman–Crippen MR) is 47.9 cm³/mol. The monoisotopic (exact) mass is 164 g/mol. The molecule has 3 heteroatoms. The molecule has 0 radical (unpaired) electrons. The molecule has 1 aromatic carbocycles. The van der Waals surface area contributed by atoms with Gasteiger partial charge in [-0.25, -0.2) is 0 Å². The van der Waals surface area contributed by atoms with Gasteiger partial charge in [-0.1, -0.05) is 6.07 Å².